The third-order valence-electron chi connectivity index (χ3n) is 4.72. The van der Waals surface area contributed by atoms with E-state index < -0.39 is 11.8 Å². The lowest BCUT2D eigenvalue weighted by Gasteiger charge is -2.13. The van der Waals surface area contributed by atoms with Crippen molar-refractivity contribution in [2.24, 2.45) is 0 Å². The first kappa shape index (κ1) is 28.1. The molecule has 0 fully saturated rings. The van der Waals surface area contributed by atoms with E-state index in [0.717, 1.165) is 27.4 Å². The van der Waals surface area contributed by atoms with Crippen LogP contribution in [0.2, 0.25) is 0 Å². The van der Waals surface area contributed by atoms with Gasteiger partial charge >= 0.3 is 0 Å². The summed E-state index contributed by atoms with van der Waals surface area (Å²) in [7, 11) is 0. The largest absolute Gasteiger partial charge is 0.494 e. The summed E-state index contributed by atoms with van der Waals surface area (Å²) in [5.41, 5.74) is 6.18. The molecule has 10 heteroatoms. The van der Waals surface area contributed by atoms with Crippen molar-refractivity contribution in [2.75, 3.05) is 13.2 Å². The number of unbranched alkanes of at least 4 members (excludes halogenated alkanes) is 4. The second-order valence-electron chi connectivity index (χ2n) is 7.57. The van der Waals surface area contributed by atoms with Gasteiger partial charge in [-0.1, -0.05) is 48.5 Å². The number of rotatable bonds is 11. The van der Waals surface area contributed by atoms with Gasteiger partial charge in [0.2, 0.25) is 0 Å². The van der Waals surface area contributed by atoms with E-state index in [-0.39, 0.29) is 11.7 Å². The summed E-state index contributed by atoms with van der Waals surface area (Å²) in [5.74, 6) is 0.427. The van der Waals surface area contributed by atoms with E-state index in [0.29, 0.717) is 23.7 Å². The molecule has 0 aromatic heterocycles. The Bertz CT molecular complexity index is 964. The van der Waals surface area contributed by atoms with Crippen LogP contribution in [0.4, 0.5) is 0 Å². The van der Waals surface area contributed by atoms with Gasteiger partial charge in [0.05, 0.1) is 11.1 Å². The molecule has 0 heterocycles. The number of hydrogen-bond donors (Lipinski definition) is 3. The summed E-state index contributed by atoms with van der Waals surface area (Å²) >= 11 is 11.9. The number of hydrazine groups is 1. The molecule has 0 radical (unpaired) electrons. The van der Waals surface area contributed by atoms with Gasteiger partial charge in [0.15, 0.2) is 11.7 Å². The van der Waals surface area contributed by atoms with Gasteiger partial charge in [0.1, 0.15) is 11.5 Å². The molecule has 2 aromatic carbocycles. The number of benzene rings is 2. The van der Waals surface area contributed by atoms with Gasteiger partial charge in [0.25, 0.3) is 11.8 Å². The molecular formula is C24H29Br2N3O4S. The Labute approximate surface area is 222 Å². The molecule has 7 nitrogen and oxygen atoms in total. The van der Waals surface area contributed by atoms with Crippen LogP contribution in [0.3, 0.4) is 0 Å². The van der Waals surface area contributed by atoms with Crippen molar-refractivity contribution in [3.8, 4) is 11.5 Å². The highest BCUT2D eigenvalue weighted by Gasteiger charge is 2.11. The quantitative estimate of drug-likeness (QED) is 0.174. The molecule has 2 rings (SSSR count). The van der Waals surface area contributed by atoms with Gasteiger partial charge in [-0.3, -0.25) is 25.8 Å². The zero-order chi connectivity index (χ0) is 24.9. The Morgan fingerprint density at radius 2 is 1.68 bits per heavy atom. The first-order valence-electron chi connectivity index (χ1n) is 11.0. The third kappa shape index (κ3) is 9.99. The number of carbonyl (C=O) groups excluding carboxylic acids is 2. The normalized spacial score (nSPS) is 10.4. The minimum atomic E-state index is -0.456. The molecule has 0 bridgehead atoms. The van der Waals surface area contributed by atoms with Crippen molar-refractivity contribution in [2.45, 2.75) is 46.0 Å². The lowest BCUT2D eigenvalue weighted by Crippen LogP contribution is -2.49. The van der Waals surface area contributed by atoms with E-state index in [1.165, 1.54) is 19.3 Å². The van der Waals surface area contributed by atoms with E-state index in [4.69, 9.17) is 21.7 Å². The molecule has 0 aliphatic heterocycles. The number of nitrogens with one attached hydrogen (secondary N) is 3. The van der Waals surface area contributed by atoms with Crippen LogP contribution in [0, 0.1) is 6.92 Å². The predicted molar refractivity (Wildman–Crippen MR) is 144 cm³/mol. The van der Waals surface area contributed by atoms with E-state index in [1.807, 2.05) is 19.1 Å². The van der Waals surface area contributed by atoms with Gasteiger partial charge < -0.3 is 9.47 Å². The minimum absolute atomic E-state index is 0.0354. The topological polar surface area (TPSA) is 88.7 Å². The van der Waals surface area contributed by atoms with Crippen LogP contribution in [0.25, 0.3) is 0 Å². The zero-order valence-electron chi connectivity index (χ0n) is 19.2. The second-order valence-corrected chi connectivity index (χ2v) is 9.74. The number of carbonyl (C=O) groups is 2. The molecule has 0 unspecified atom stereocenters. The SMILES string of the molecule is CCCCCCCOc1ccc(C(=O)NC(=S)NNC(=O)COc2c(C)cc(Br)cc2Br)cc1. The first-order valence-corrected chi connectivity index (χ1v) is 13.0. The van der Waals surface area contributed by atoms with Crippen molar-refractivity contribution in [3.05, 3.63) is 56.5 Å². The maximum absolute atomic E-state index is 12.4. The van der Waals surface area contributed by atoms with Gasteiger partial charge in [-0.2, -0.15) is 0 Å². The Kier molecular flexibility index (Phi) is 12.3. The number of thiocarbonyl (C=S) groups is 1. The molecule has 3 N–H and O–H groups in total. The number of halogens is 2. The number of amides is 2. The molecule has 184 valence electrons. The van der Waals surface area contributed by atoms with Crippen molar-refractivity contribution in [3.63, 3.8) is 0 Å². The van der Waals surface area contributed by atoms with E-state index in [1.54, 1.807) is 24.3 Å². The van der Waals surface area contributed by atoms with Crippen molar-refractivity contribution < 1.29 is 19.1 Å². The molecule has 0 aliphatic rings. The summed E-state index contributed by atoms with van der Waals surface area (Å²) in [5, 5.41) is 2.48. The molecule has 0 atom stereocenters. The lowest BCUT2D eigenvalue weighted by molar-refractivity contribution is -0.123. The number of hydrogen-bond acceptors (Lipinski definition) is 5. The molecule has 0 saturated heterocycles. The fraction of sp³-hybridized carbons (Fsp3) is 0.375. The average Bonchev–Trinajstić information content (AvgIpc) is 2.79. The molecule has 2 aromatic rings. The summed E-state index contributed by atoms with van der Waals surface area (Å²) < 4.78 is 12.9. The van der Waals surface area contributed by atoms with Crippen LogP contribution in [-0.2, 0) is 4.79 Å². The van der Waals surface area contributed by atoms with Crippen LogP contribution in [0.1, 0.15) is 54.9 Å². The molecule has 34 heavy (non-hydrogen) atoms. The highest BCUT2D eigenvalue weighted by molar-refractivity contribution is 9.11. The zero-order valence-corrected chi connectivity index (χ0v) is 23.2. The van der Waals surface area contributed by atoms with E-state index in [2.05, 4.69) is 55.0 Å². The molecule has 0 saturated carbocycles. The summed E-state index contributed by atoms with van der Waals surface area (Å²) in [4.78, 5) is 24.4. The van der Waals surface area contributed by atoms with Gasteiger partial charge in [-0.05, 0) is 83.5 Å². The predicted octanol–water partition coefficient (Wildman–Crippen LogP) is 5.58. The van der Waals surface area contributed by atoms with Crippen molar-refractivity contribution in [1.29, 1.82) is 0 Å². The van der Waals surface area contributed by atoms with Crippen LogP contribution >= 0.6 is 44.1 Å². The second kappa shape index (κ2) is 15.0. The maximum atomic E-state index is 12.4. The van der Waals surface area contributed by atoms with Crippen molar-refractivity contribution in [1.82, 2.24) is 16.2 Å². The van der Waals surface area contributed by atoms with Crippen molar-refractivity contribution >= 4 is 61.0 Å². The van der Waals surface area contributed by atoms with Crippen LogP contribution in [0.5, 0.6) is 11.5 Å². The Morgan fingerprint density at radius 1 is 0.971 bits per heavy atom. The number of aryl methyl sites for hydroxylation is 1. The highest BCUT2D eigenvalue weighted by Crippen LogP contribution is 2.32. The highest BCUT2D eigenvalue weighted by atomic mass is 79.9. The Morgan fingerprint density at radius 3 is 2.35 bits per heavy atom. The van der Waals surface area contributed by atoms with Gasteiger partial charge in [-0.25, -0.2) is 0 Å². The first-order chi connectivity index (χ1) is 16.3. The van der Waals surface area contributed by atoms with Crippen LogP contribution < -0.4 is 25.6 Å². The van der Waals surface area contributed by atoms with E-state index in [9.17, 15) is 9.59 Å². The molecule has 0 spiro atoms. The van der Waals surface area contributed by atoms with E-state index >= 15 is 0 Å². The summed E-state index contributed by atoms with van der Waals surface area (Å²) in [6.45, 7) is 4.49. The minimum Gasteiger partial charge on any atom is -0.494 e. The maximum Gasteiger partial charge on any atom is 0.276 e. The average molecular weight is 615 g/mol. The van der Waals surface area contributed by atoms with Gasteiger partial charge in [-0.15, -0.1) is 0 Å². The standard InChI is InChI=1S/C24H29Br2N3O4S/c1-3-4-5-6-7-12-32-19-10-8-17(9-11-19)23(31)27-24(34)29-28-21(30)15-33-22-16(2)13-18(25)14-20(22)26/h8-11,13-14H,3-7,12,15H2,1-2H3,(H,28,30)(H2,27,29,31,34). The molecule has 2 amide bonds. The van der Waals surface area contributed by atoms with Gasteiger partial charge in [0, 0.05) is 10.0 Å². The monoisotopic (exact) mass is 613 g/mol. The smallest absolute Gasteiger partial charge is 0.276 e. The third-order valence-corrected chi connectivity index (χ3v) is 5.97. The summed E-state index contributed by atoms with van der Waals surface area (Å²) in [6.07, 6.45) is 5.86. The summed E-state index contributed by atoms with van der Waals surface area (Å²) in [6, 6.07) is 10.5. The van der Waals surface area contributed by atoms with Crippen LogP contribution in [0.15, 0.2) is 45.3 Å². The Balaban J connectivity index is 1.70. The molecular weight excluding hydrogens is 586 g/mol. The number of ether oxygens (including phenoxy) is 2. The van der Waals surface area contributed by atoms with Crippen LogP contribution in [-0.4, -0.2) is 30.1 Å². The fourth-order valence-corrected chi connectivity index (χ4v) is 4.67. The lowest BCUT2D eigenvalue weighted by atomic mass is 10.2. The Hall–Kier alpha value is -2.17. The fourth-order valence-electron chi connectivity index (χ4n) is 2.98. The molecule has 0 aliphatic carbocycles.